The van der Waals surface area contributed by atoms with Crippen molar-refractivity contribution in [2.75, 3.05) is 19.7 Å². The molecule has 0 N–H and O–H groups in total. The first-order chi connectivity index (χ1) is 14.6. The van der Waals surface area contributed by atoms with E-state index in [0.29, 0.717) is 25.3 Å². The number of benzene rings is 2. The Labute approximate surface area is 180 Å². The molecule has 4 rings (SSSR count). The fourth-order valence-corrected chi connectivity index (χ4v) is 4.44. The molecular formula is C24H24N2O3S. The molecule has 154 valence electrons. The zero-order valence-electron chi connectivity index (χ0n) is 16.9. The summed E-state index contributed by atoms with van der Waals surface area (Å²) in [5.74, 6) is -0.0561. The quantitative estimate of drug-likeness (QED) is 0.556. The molecule has 1 unspecified atom stereocenters. The Morgan fingerprint density at radius 2 is 2.00 bits per heavy atom. The number of hydrogen-bond acceptors (Lipinski definition) is 5. The van der Waals surface area contributed by atoms with Gasteiger partial charge in [0.25, 0.3) is 5.91 Å². The van der Waals surface area contributed by atoms with Crippen molar-refractivity contribution >= 4 is 23.2 Å². The molecule has 2 aromatic carbocycles. The number of ether oxygens (including phenoxy) is 1. The predicted octanol–water partition coefficient (Wildman–Crippen LogP) is 4.37. The average molecular weight is 421 g/mol. The lowest BCUT2D eigenvalue weighted by atomic mass is 10.1. The molecule has 0 spiro atoms. The van der Waals surface area contributed by atoms with E-state index in [1.165, 1.54) is 16.9 Å². The molecule has 1 aliphatic rings. The van der Waals surface area contributed by atoms with Gasteiger partial charge in [0.2, 0.25) is 0 Å². The molecule has 30 heavy (non-hydrogen) atoms. The maximum atomic E-state index is 12.5. The highest BCUT2D eigenvalue weighted by atomic mass is 32.1. The number of aryl methyl sites for hydroxylation is 1. The maximum Gasteiger partial charge on any atom is 0.311 e. The van der Waals surface area contributed by atoms with Gasteiger partial charge in [0.1, 0.15) is 5.01 Å². The van der Waals surface area contributed by atoms with Gasteiger partial charge in [0.05, 0.1) is 18.7 Å². The minimum atomic E-state index is -0.274. The van der Waals surface area contributed by atoms with Crippen molar-refractivity contribution in [2.45, 2.75) is 19.8 Å². The van der Waals surface area contributed by atoms with Gasteiger partial charge >= 0.3 is 5.97 Å². The minimum Gasteiger partial charge on any atom is -0.465 e. The molecule has 1 atom stereocenters. The highest BCUT2D eigenvalue weighted by Crippen LogP contribution is 2.25. The summed E-state index contributed by atoms with van der Waals surface area (Å²) in [7, 11) is 0. The number of carbonyl (C=O) groups is 2. The standard InChI is InChI=1S/C24H24N2O3S/c1-17-6-5-9-20(12-17)23-25-21(16-30-23)13-22(27)29-15-18-10-11-26(14-18)24(28)19-7-3-2-4-8-19/h2-9,12,16,18H,10-11,13-15H2,1H3. The highest BCUT2D eigenvalue weighted by Gasteiger charge is 2.27. The molecule has 0 bridgehead atoms. The molecule has 1 aromatic heterocycles. The van der Waals surface area contributed by atoms with Gasteiger partial charge in [-0.25, -0.2) is 4.98 Å². The van der Waals surface area contributed by atoms with E-state index < -0.39 is 0 Å². The topological polar surface area (TPSA) is 59.5 Å². The van der Waals surface area contributed by atoms with Crippen molar-refractivity contribution in [1.29, 1.82) is 0 Å². The average Bonchev–Trinajstić information content (AvgIpc) is 3.42. The highest BCUT2D eigenvalue weighted by molar-refractivity contribution is 7.13. The van der Waals surface area contributed by atoms with E-state index >= 15 is 0 Å². The van der Waals surface area contributed by atoms with Crippen molar-refractivity contribution in [3.63, 3.8) is 0 Å². The molecule has 1 aliphatic heterocycles. The molecule has 1 amide bonds. The van der Waals surface area contributed by atoms with Crippen LogP contribution >= 0.6 is 11.3 Å². The van der Waals surface area contributed by atoms with Gasteiger partial charge in [0.15, 0.2) is 0 Å². The Bertz CT molecular complexity index is 1030. The molecular weight excluding hydrogens is 396 g/mol. The summed E-state index contributed by atoms with van der Waals surface area (Å²) in [6.07, 6.45) is 1.02. The summed E-state index contributed by atoms with van der Waals surface area (Å²) >= 11 is 1.54. The monoisotopic (exact) mass is 420 g/mol. The number of nitrogens with zero attached hydrogens (tertiary/aromatic N) is 2. The van der Waals surface area contributed by atoms with E-state index in [2.05, 4.69) is 11.1 Å². The number of amides is 1. The van der Waals surface area contributed by atoms with Gasteiger partial charge in [-0.3, -0.25) is 9.59 Å². The minimum absolute atomic E-state index is 0.0376. The van der Waals surface area contributed by atoms with Gasteiger partial charge in [-0.2, -0.15) is 0 Å². The summed E-state index contributed by atoms with van der Waals surface area (Å²) in [5.41, 5.74) is 3.67. The zero-order valence-corrected chi connectivity index (χ0v) is 17.7. The molecule has 0 radical (unpaired) electrons. The van der Waals surface area contributed by atoms with Crippen molar-refractivity contribution in [3.05, 3.63) is 76.8 Å². The van der Waals surface area contributed by atoms with Crippen molar-refractivity contribution in [2.24, 2.45) is 5.92 Å². The molecule has 0 aliphatic carbocycles. The number of rotatable bonds is 6. The van der Waals surface area contributed by atoms with Crippen LogP contribution in [0.2, 0.25) is 0 Å². The summed E-state index contributed by atoms with van der Waals surface area (Å²) in [5, 5.41) is 2.82. The largest absolute Gasteiger partial charge is 0.465 e. The molecule has 1 saturated heterocycles. The first kappa shape index (κ1) is 20.3. The third-order valence-corrected chi connectivity index (χ3v) is 6.16. The summed E-state index contributed by atoms with van der Waals surface area (Å²) < 4.78 is 5.49. The van der Waals surface area contributed by atoms with Crippen LogP contribution in [0.5, 0.6) is 0 Å². The van der Waals surface area contributed by atoms with Gasteiger partial charge in [0, 0.05) is 35.5 Å². The summed E-state index contributed by atoms with van der Waals surface area (Å²) in [6, 6.07) is 17.5. The normalized spacial score (nSPS) is 15.9. The summed E-state index contributed by atoms with van der Waals surface area (Å²) in [6.45, 7) is 3.70. The number of likely N-dealkylation sites (tertiary alicyclic amines) is 1. The Morgan fingerprint density at radius 1 is 1.17 bits per heavy atom. The van der Waals surface area contributed by atoms with E-state index in [4.69, 9.17) is 4.74 Å². The summed E-state index contributed by atoms with van der Waals surface area (Å²) in [4.78, 5) is 31.2. The first-order valence-corrected chi connectivity index (χ1v) is 11.0. The van der Waals surface area contributed by atoms with E-state index in [0.717, 1.165) is 22.7 Å². The van der Waals surface area contributed by atoms with E-state index in [-0.39, 0.29) is 24.2 Å². The lowest BCUT2D eigenvalue weighted by molar-refractivity contribution is -0.144. The van der Waals surface area contributed by atoms with Crippen LogP contribution in [-0.2, 0) is 16.0 Å². The molecule has 3 aromatic rings. The first-order valence-electron chi connectivity index (χ1n) is 10.1. The van der Waals surface area contributed by atoms with Gasteiger partial charge in [-0.05, 0) is 31.5 Å². The SMILES string of the molecule is Cc1cccc(-c2nc(CC(=O)OCC3CCN(C(=O)c4ccccc4)C3)cs2)c1. The Hall–Kier alpha value is -2.99. The maximum absolute atomic E-state index is 12.5. The van der Waals surface area contributed by atoms with Crippen LogP contribution in [0, 0.1) is 12.8 Å². The molecule has 0 saturated carbocycles. The van der Waals surface area contributed by atoms with E-state index in [1.54, 1.807) is 0 Å². The number of esters is 1. The van der Waals surface area contributed by atoms with Crippen LogP contribution in [0.1, 0.15) is 28.0 Å². The van der Waals surface area contributed by atoms with Crippen LogP contribution in [0.25, 0.3) is 10.6 Å². The second-order valence-corrected chi connectivity index (χ2v) is 8.50. The van der Waals surface area contributed by atoms with Crippen LogP contribution in [0.3, 0.4) is 0 Å². The smallest absolute Gasteiger partial charge is 0.311 e. The number of aromatic nitrogens is 1. The Morgan fingerprint density at radius 3 is 2.80 bits per heavy atom. The second kappa shape index (κ2) is 9.22. The van der Waals surface area contributed by atoms with Crippen molar-refractivity contribution in [3.8, 4) is 10.6 Å². The van der Waals surface area contributed by atoms with E-state index in [9.17, 15) is 9.59 Å². The molecule has 5 nitrogen and oxygen atoms in total. The third-order valence-electron chi connectivity index (χ3n) is 5.22. The number of thiazole rings is 1. The molecule has 1 fully saturated rings. The predicted molar refractivity (Wildman–Crippen MR) is 117 cm³/mol. The van der Waals surface area contributed by atoms with Crippen molar-refractivity contribution in [1.82, 2.24) is 9.88 Å². The third kappa shape index (κ3) is 4.94. The van der Waals surface area contributed by atoms with Crippen LogP contribution in [0.4, 0.5) is 0 Å². The number of carbonyl (C=O) groups excluding carboxylic acids is 2. The van der Waals surface area contributed by atoms with Crippen LogP contribution in [-0.4, -0.2) is 41.5 Å². The van der Waals surface area contributed by atoms with Gasteiger partial charge in [-0.1, -0.05) is 42.0 Å². The Balaban J connectivity index is 1.25. The van der Waals surface area contributed by atoms with Crippen LogP contribution < -0.4 is 0 Å². The lowest BCUT2D eigenvalue weighted by Gasteiger charge is -2.16. The van der Waals surface area contributed by atoms with Crippen LogP contribution in [0.15, 0.2) is 60.0 Å². The number of hydrogen-bond donors (Lipinski definition) is 0. The fraction of sp³-hybridized carbons (Fsp3) is 0.292. The van der Waals surface area contributed by atoms with E-state index in [1.807, 2.05) is 65.7 Å². The fourth-order valence-electron chi connectivity index (χ4n) is 3.63. The van der Waals surface area contributed by atoms with Gasteiger partial charge < -0.3 is 9.64 Å². The Kier molecular flexibility index (Phi) is 6.23. The second-order valence-electron chi connectivity index (χ2n) is 7.65. The lowest BCUT2D eigenvalue weighted by Crippen LogP contribution is -2.29. The zero-order chi connectivity index (χ0) is 20.9. The van der Waals surface area contributed by atoms with Gasteiger partial charge in [-0.15, -0.1) is 11.3 Å². The molecule has 6 heteroatoms. The molecule has 2 heterocycles. The van der Waals surface area contributed by atoms with Crippen molar-refractivity contribution < 1.29 is 14.3 Å².